The molecule has 1 aromatic carbocycles. The topological polar surface area (TPSA) is 86.2 Å². The Labute approximate surface area is 80.7 Å². The van der Waals surface area contributed by atoms with Gasteiger partial charge in [0, 0.05) is 23.7 Å². The molecule has 0 aliphatic heterocycles. The third kappa shape index (κ3) is 1.87. The Morgan fingerprint density at radius 3 is 2.64 bits per heavy atom. The molecule has 0 radical (unpaired) electrons. The van der Waals surface area contributed by atoms with Crippen molar-refractivity contribution < 1.29 is 9.72 Å². The zero-order chi connectivity index (χ0) is 10.7. The van der Waals surface area contributed by atoms with E-state index in [-0.39, 0.29) is 17.3 Å². The number of rotatable bonds is 3. The minimum Gasteiger partial charge on any atom is -0.398 e. The highest BCUT2D eigenvalue weighted by Crippen LogP contribution is 2.24. The van der Waals surface area contributed by atoms with Gasteiger partial charge in [0.25, 0.3) is 5.69 Å². The Balaban J connectivity index is 3.13. The first-order chi connectivity index (χ1) is 6.56. The highest BCUT2D eigenvalue weighted by Gasteiger charge is 2.12. The van der Waals surface area contributed by atoms with E-state index in [9.17, 15) is 14.9 Å². The van der Waals surface area contributed by atoms with Gasteiger partial charge in [-0.05, 0) is 11.6 Å². The number of nitrogens with zero attached hydrogens (tertiary/aromatic N) is 1. The predicted molar refractivity (Wildman–Crippen MR) is 52.0 cm³/mol. The average Bonchev–Trinajstić information content (AvgIpc) is 2.16. The van der Waals surface area contributed by atoms with Crippen molar-refractivity contribution in [3.8, 4) is 0 Å². The van der Waals surface area contributed by atoms with Crippen LogP contribution >= 0.6 is 0 Å². The number of nitrogens with two attached hydrogens (primary N) is 1. The lowest BCUT2D eigenvalue weighted by atomic mass is 10.0. The van der Waals surface area contributed by atoms with Crippen molar-refractivity contribution in [2.45, 2.75) is 12.8 Å². The molecular formula is C9H10N2O3. The maximum Gasteiger partial charge on any atom is 0.271 e. The Hall–Kier alpha value is -1.91. The van der Waals surface area contributed by atoms with Gasteiger partial charge in [-0.15, -0.1) is 0 Å². The van der Waals surface area contributed by atoms with E-state index < -0.39 is 4.92 Å². The van der Waals surface area contributed by atoms with Gasteiger partial charge in [-0.25, -0.2) is 0 Å². The Morgan fingerprint density at radius 2 is 2.21 bits per heavy atom. The standard InChI is InChI=1S/C9H10N2O3/c1-6(5-12)8-3-2-7(11(13)14)4-9(8)10/h2-6H,10H2,1H3. The molecule has 5 heteroatoms. The van der Waals surface area contributed by atoms with Crippen LogP contribution in [-0.2, 0) is 4.79 Å². The van der Waals surface area contributed by atoms with Crippen molar-refractivity contribution >= 4 is 17.7 Å². The molecule has 74 valence electrons. The molecule has 0 amide bonds. The zero-order valence-electron chi connectivity index (χ0n) is 7.64. The molecule has 0 aliphatic rings. The highest BCUT2D eigenvalue weighted by molar-refractivity contribution is 5.68. The number of carbonyl (C=O) groups is 1. The molecular weight excluding hydrogens is 184 g/mol. The normalized spacial score (nSPS) is 12.1. The summed E-state index contributed by atoms with van der Waals surface area (Å²) >= 11 is 0. The first-order valence-electron chi connectivity index (χ1n) is 4.05. The minimum atomic E-state index is -0.522. The quantitative estimate of drug-likeness (QED) is 0.341. The van der Waals surface area contributed by atoms with Crippen LogP contribution in [0.1, 0.15) is 18.4 Å². The fourth-order valence-corrected chi connectivity index (χ4v) is 1.16. The highest BCUT2D eigenvalue weighted by atomic mass is 16.6. The molecule has 1 unspecified atom stereocenters. The summed E-state index contributed by atoms with van der Waals surface area (Å²) in [5.41, 5.74) is 6.40. The number of nitro benzene ring substituents is 1. The molecule has 0 aliphatic carbocycles. The van der Waals surface area contributed by atoms with Crippen molar-refractivity contribution in [3.05, 3.63) is 33.9 Å². The number of hydrogen-bond donors (Lipinski definition) is 1. The predicted octanol–water partition coefficient (Wildman–Crippen LogP) is 1.48. The SMILES string of the molecule is CC(C=O)c1ccc([N+](=O)[O-])cc1N. The molecule has 0 heterocycles. The Bertz CT molecular complexity index is 376. The van der Waals surface area contributed by atoms with Gasteiger partial charge in [0.05, 0.1) is 4.92 Å². The van der Waals surface area contributed by atoms with Crippen LogP contribution in [0.25, 0.3) is 0 Å². The monoisotopic (exact) mass is 194 g/mol. The second-order valence-corrected chi connectivity index (χ2v) is 3.00. The number of benzene rings is 1. The summed E-state index contributed by atoms with van der Waals surface area (Å²) in [5, 5.41) is 10.4. The van der Waals surface area contributed by atoms with E-state index in [1.54, 1.807) is 6.92 Å². The number of non-ortho nitro benzene ring substituents is 1. The van der Waals surface area contributed by atoms with E-state index in [0.29, 0.717) is 5.56 Å². The van der Waals surface area contributed by atoms with Crippen molar-refractivity contribution in [2.75, 3.05) is 5.73 Å². The van der Waals surface area contributed by atoms with Gasteiger partial charge in [-0.3, -0.25) is 10.1 Å². The van der Waals surface area contributed by atoms with Crippen LogP contribution in [0.3, 0.4) is 0 Å². The Kier molecular flexibility index (Phi) is 2.81. The van der Waals surface area contributed by atoms with Crippen LogP contribution in [-0.4, -0.2) is 11.2 Å². The summed E-state index contributed by atoms with van der Waals surface area (Å²) < 4.78 is 0. The zero-order valence-corrected chi connectivity index (χ0v) is 7.64. The van der Waals surface area contributed by atoms with Crippen LogP contribution in [0, 0.1) is 10.1 Å². The summed E-state index contributed by atoms with van der Waals surface area (Å²) in [5.74, 6) is -0.337. The van der Waals surface area contributed by atoms with Crippen LogP contribution in [0.5, 0.6) is 0 Å². The number of carbonyl (C=O) groups excluding carboxylic acids is 1. The molecule has 0 saturated heterocycles. The van der Waals surface area contributed by atoms with E-state index in [2.05, 4.69) is 0 Å². The van der Waals surface area contributed by atoms with E-state index in [1.165, 1.54) is 18.2 Å². The number of anilines is 1. The molecule has 0 spiro atoms. The molecule has 14 heavy (non-hydrogen) atoms. The van der Waals surface area contributed by atoms with Gasteiger partial charge in [-0.2, -0.15) is 0 Å². The van der Waals surface area contributed by atoms with Crippen molar-refractivity contribution in [1.29, 1.82) is 0 Å². The molecule has 0 aromatic heterocycles. The molecule has 1 aromatic rings. The summed E-state index contributed by atoms with van der Waals surface area (Å²) in [6, 6.07) is 4.10. The first kappa shape index (κ1) is 10.2. The summed E-state index contributed by atoms with van der Waals surface area (Å²) in [4.78, 5) is 20.3. The molecule has 0 fully saturated rings. The van der Waals surface area contributed by atoms with Crippen LogP contribution in [0.15, 0.2) is 18.2 Å². The fraction of sp³-hybridized carbons (Fsp3) is 0.222. The smallest absolute Gasteiger partial charge is 0.271 e. The van der Waals surface area contributed by atoms with Gasteiger partial charge >= 0.3 is 0 Å². The van der Waals surface area contributed by atoms with E-state index in [0.717, 1.165) is 6.29 Å². The van der Waals surface area contributed by atoms with Crippen LogP contribution in [0.4, 0.5) is 11.4 Å². The van der Waals surface area contributed by atoms with E-state index in [1.807, 2.05) is 0 Å². The van der Waals surface area contributed by atoms with Gasteiger partial charge in [-0.1, -0.05) is 6.92 Å². The second-order valence-electron chi connectivity index (χ2n) is 3.00. The van der Waals surface area contributed by atoms with E-state index in [4.69, 9.17) is 5.73 Å². The number of aldehydes is 1. The minimum absolute atomic E-state index is 0.0654. The first-order valence-corrected chi connectivity index (χ1v) is 4.05. The van der Waals surface area contributed by atoms with Gasteiger partial charge < -0.3 is 10.5 Å². The number of hydrogen-bond acceptors (Lipinski definition) is 4. The number of nitro groups is 1. The van der Waals surface area contributed by atoms with Gasteiger partial charge in [0.15, 0.2) is 0 Å². The van der Waals surface area contributed by atoms with Crippen molar-refractivity contribution in [2.24, 2.45) is 0 Å². The number of nitrogen functional groups attached to an aromatic ring is 1. The molecule has 1 atom stereocenters. The molecule has 0 saturated carbocycles. The molecule has 1 rings (SSSR count). The summed E-state index contributed by atoms with van der Waals surface area (Å²) in [7, 11) is 0. The van der Waals surface area contributed by atoms with E-state index >= 15 is 0 Å². The third-order valence-electron chi connectivity index (χ3n) is 1.98. The molecule has 5 nitrogen and oxygen atoms in total. The average molecular weight is 194 g/mol. The van der Waals surface area contributed by atoms with Crippen LogP contribution < -0.4 is 5.73 Å². The fourth-order valence-electron chi connectivity index (χ4n) is 1.16. The van der Waals surface area contributed by atoms with Gasteiger partial charge in [0.1, 0.15) is 6.29 Å². The Morgan fingerprint density at radius 1 is 1.57 bits per heavy atom. The summed E-state index contributed by atoms with van der Waals surface area (Å²) in [6.45, 7) is 1.69. The largest absolute Gasteiger partial charge is 0.398 e. The lowest BCUT2D eigenvalue weighted by Gasteiger charge is -2.06. The van der Waals surface area contributed by atoms with Crippen molar-refractivity contribution in [1.82, 2.24) is 0 Å². The lowest BCUT2D eigenvalue weighted by Crippen LogP contribution is -2.01. The maximum absolute atomic E-state index is 10.5. The van der Waals surface area contributed by atoms with Crippen molar-refractivity contribution in [3.63, 3.8) is 0 Å². The second kappa shape index (κ2) is 3.87. The maximum atomic E-state index is 10.5. The summed E-state index contributed by atoms with van der Waals surface area (Å²) in [6.07, 6.45) is 0.748. The third-order valence-corrected chi connectivity index (χ3v) is 1.98. The molecule has 2 N–H and O–H groups in total. The molecule has 0 bridgehead atoms. The van der Waals surface area contributed by atoms with Gasteiger partial charge in [0.2, 0.25) is 0 Å². The van der Waals surface area contributed by atoms with Crippen LogP contribution in [0.2, 0.25) is 0 Å². The lowest BCUT2D eigenvalue weighted by molar-refractivity contribution is -0.384.